The molecule has 0 fully saturated rings. The Morgan fingerprint density at radius 1 is 1.28 bits per heavy atom. The van der Waals surface area contributed by atoms with Gasteiger partial charge in [0.25, 0.3) is 0 Å². The molecule has 1 N–H and O–H groups in total. The summed E-state index contributed by atoms with van der Waals surface area (Å²) < 4.78 is 16.0. The molecule has 7 nitrogen and oxygen atoms in total. The van der Waals surface area contributed by atoms with Crippen molar-refractivity contribution in [3.05, 3.63) is 35.0 Å². The van der Waals surface area contributed by atoms with Crippen molar-refractivity contribution in [1.82, 2.24) is 10.2 Å². The van der Waals surface area contributed by atoms with Crippen LogP contribution < -0.4 is 14.8 Å². The average molecular weight is 348 g/mol. The standard InChI is InChI=1S/C18H24N2O5/c1-6-9-25-17(21)15-11(2)20(3)18(22)19-16(15)13-10-12(23-4)7-8-14(13)24-5/h7-8,10,16H,6,9H2,1-5H3,(H,19,22). The monoisotopic (exact) mass is 348 g/mol. The molecule has 7 heteroatoms. The molecule has 1 heterocycles. The first-order chi connectivity index (χ1) is 11.9. The fourth-order valence-corrected chi connectivity index (χ4v) is 2.67. The van der Waals surface area contributed by atoms with Crippen molar-refractivity contribution in [3.63, 3.8) is 0 Å². The van der Waals surface area contributed by atoms with E-state index in [9.17, 15) is 9.59 Å². The van der Waals surface area contributed by atoms with Crippen molar-refractivity contribution < 1.29 is 23.8 Å². The zero-order valence-corrected chi connectivity index (χ0v) is 15.2. The van der Waals surface area contributed by atoms with Crippen LogP contribution in [-0.2, 0) is 9.53 Å². The Morgan fingerprint density at radius 3 is 2.60 bits per heavy atom. The van der Waals surface area contributed by atoms with Crippen LogP contribution in [-0.4, -0.2) is 44.8 Å². The summed E-state index contributed by atoms with van der Waals surface area (Å²) in [5.41, 5.74) is 1.55. The minimum absolute atomic E-state index is 0.306. The molecule has 136 valence electrons. The minimum atomic E-state index is -0.682. The highest BCUT2D eigenvalue weighted by Gasteiger charge is 2.36. The quantitative estimate of drug-likeness (QED) is 0.800. The van der Waals surface area contributed by atoms with Gasteiger partial charge < -0.3 is 24.4 Å². The molecule has 0 spiro atoms. The summed E-state index contributed by atoms with van der Waals surface area (Å²) in [4.78, 5) is 26.3. The van der Waals surface area contributed by atoms with E-state index in [0.717, 1.165) is 0 Å². The van der Waals surface area contributed by atoms with Crippen LogP contribution in [0.1, 0.15) is 31.9 Å². The number of carbonyl (C=O) groups is 2. The van der Waals surface area contributed by atoms with E-state index >= 15 is 0 Å². The van der Waals surface area contributed by atoms with Crippen molar-refractivity contribution in [3.8, 4) is 11.5 Å². The fraction of sp³-hybridized carbons (Fsp3) is 0.444. The molecular weight excluding hydrogens is 324 g/mol. The van der Waals surface area contributed by atoms with E-state index in [1.54, 1.807) is 39.3 Å². The number of allylic oxidation sites excluding steroid dienone is 1. The molecular formula is C18H24N2O5. The number of nitrogens with one attached hydrogen (secondary N) is 1. The second-order valence-electron chi connectivity index (χ2n) is 5.68. The van der Waals surface area contributed by atoms with Gasteiger partial charge in [-0.05, 0) is 31.5 Å². The zero-order chi connectivity index (χ0) is 18.6. The Kier molecular flexibility index (Phi) is 5.90. The molecule has 1 aliphatic heterocycles. The molecule has 0 saturated carbocycles. The van der Waals surface area contributed by atoms with Gasteiger partial charge in [0.1, 0.15) is 11.5 Å². The Bertz CT molecular complexity index is 699. The highest BCUT2D eigenvalue weighted by Crippen LogP contribution is 2.37. The van der Waals surface area contributed by atoms with Gasteiger partial charge in [0.05, 0.1) is 32.4 Å². The number of urea groups is 1. The molecule has 1 aromatic rings. The van der Waals surface area contributed by atoms with Crippen LogP contribution in [0.15, 0.2) is 29.5 Å². The first-order valence-corrected chi connectivity index (χ1v) is 8.08. The van der Waals surface area contributed by atoms with Crippen LogP contribution in [0, 0.1) is 0 Å². The molecule has 0 aromatic heterocycles. The lowest BCUT2D eigenvalue weighted by atomic mass is 9.94. The first kappa shape index (κ1) is 18.6. The third-order valence-electron chi connectivity index (χ3n) is 4.16. The molecule has 25 heavy (non-hydrogen) atoms. The van der Waals surface area contributed by atoms with Crippen LogP contribution in [0.3, 0.4) is 0 Å². The van der Waals surface area contributed by atoms with Crippen molar-refractivity contribution >= 4 is 12.0 Å². The summed E-state index contributed by atoms with van der Waals surface area (Å²) in [6.07, 6.45) is 0.716. The van der Waals surface area contributed by atoms with E-state index in [1.165, 1.54) is 12.0 Å². The number of hydrogen-bond donors (Lipinski definition) is 1. The van der Waals surface area contributed by atoms with E-state index in [4.69, 9.17) is 14.2 Å². The second kappa shape index (κ2) is 7.92. The maximum absolute atomic E-state index is 12.6. The largest absolute Gasteiger partial charge is 0.497 e. The van der Waals surface area contributed by atoms with Crippen LogP contribution in [0.25, 0.3) is 0 Å². The maximum atomic E-state index is 12.6. The topological polar surface area (TPSA) is 77.1 Å². The number of nitrogens with zero attached hydrogens (tertiary/aromatic N) is 1. The minimum Gasteiger partial charge on any atom is -0.497 e. The number of benzene rings is 1. The Labute approximate surface area is 147 Å². The number of rotatable bonds is 6. The first-order valence-electron chi connectivity index (χ1n) is 8.08. The molecule has 1 unspecified atom stereocenters. The van der Waals surface area contributed by atoms with Gasteiger partial charge in [0.15, 0.2) is 0 Å². The van der Waals surface area contributed by atoms with Crippen molar-refractivity contribution in [2.75, 3.05) is 27.9 Å². The van der Waals surface area contributed by atoms with Gasteiger partial charge in [-0.15, -0.1) is 0 Å². The number of methoxy groups -OCH3 is 2. The maximum Gasteiger partial charge on any atom is 0.338 e. The van der Waals surface area contributed by atoms with Gasteiger partial charge in [-0.25, -0.2) is 9.59 Å². The molecule has 1 atom stereocenters. The lowest BCUT2D eigenvalue weighted by Gasteiger charge is -2.33. The Morgan fingerprint density at radius 2 is 2.00 bits per heavy atom. The number of hydrogen-bond acceptors (Lipinski definition) is 5. The summed E-state index contributed by atoms with van der Waals surface area (Å²) in [6, 6.07) is 4.25. The predicted molar refractivity (Wildman–Crippen MR) is 92.5 cm³/mol. The predicted octanol–water partition coefficient (Wildman–Crippen LogP) is 2.63. The summed E-state index contributed by atoms with van der Waals surface area (Å²) in [5, 5.41) is 2.84. The van der Waals surface area contributed by atoms with E-state index < -0.39 is 12.0 Å². The Hall–Kier alpha value is -2.70. The normalized spacial score (nSPS) is 17.2. The fourth-order valence-electron chi connectivity index (χ4n) is 2.67. The van der Waals surface area contributed by atoms with Gasteiger partial charge >= 0.3 is 12.0 Å². The third-order valence-corrected chi connectivity index (χ3v) is 4.16. The summed E-state index contributed by atoms with van der Waals surface area (Å²) in [7, 11) is 4.70. The Balaban J connectivity index is 2.56. The molecule has 0 aliphatic carbocycles. The number of ether oxygens (including phenoxy) is 3. The van der Waals surface area contributed by atoms with Gasteiger partial charge in [-0.3, -0.25) is 0 Å². The molecule has 1 aliphatic rings. The van der Waals surface area contributed by atoms with Crippen LogP contribution in [0.4, 0.5) is 4.79 Å². The molecule has 2 rings (SSSR count). The lowest BCUT2D eigenvalue weighted by Crippen LogP contribution is -2.46. The SMILES string of the molecule is CCCOC(=O)C1=C(C)N(C)C(=O)NC1c1cc(OC)ccc1OC. The highest BCUT2D eigenvalue weighted by atomic mass is 16.5. The smallest absolute Gasteiger partial charge is 0.338 e. The van der Waals surface area contributed by atoms with Gasteiger partial charge in [0.2, 0.25) is 0 Å². The summed E-state index contributed by atoms with van der Waals surface area (Å²) in [5.74, 6) is 0.688. The molecule has 2 amide bonds. The second-order valence-corrected chi connectivity index (χ2v) is 5.68. The van der Waals surface area contributed by atoms with Gasteiger partial charge in [-0.2, -0.15) is 0 Å². The van der Waals surface area contributed by atoms with Crippen molar-refractivity contribution in [1.29, 1.82) is 0 Å². The number of carbonyl (C=O) groups excluding carboxylic acids is 2. The molecule has 0 bridgehead atoms. The summed E-state index contributed by atoms with van der Waals surface area (Å²) >= 11 is 0. The highest BCUT2D eigenvalue weighted by molar-refractivity contribution is 5.95. The lowest BCUT2D eigenvalue weighted by molar-refractivity contribution is -0.139. The molecule has 0 radical (unpaired) electrons. The zero-order valence-electron chi connectivity index (χ0n) is 15.2. The summed E-state index contributed by atoms with van der Waals surface area (Å²) in [6.45, 7) is 3.96. The van der Waals surface area contributed by atoms with E-state index in [-0.39, 0.29) is 6.03 Å². The molecule has 0 saturated heterocycles. The van der Waals surface area contributed by atoms with Crippen molar-refractivity contribution in [2.24, 2.45) is 0 Å². The van der Waals surface area contributed by atoms with Crippen LogP contribution in [0.2, 0.25) is 0 Å². The van der Waals surface area contributed by atoms with E-state index in [2.05, 4.69) is 5.32 Å². The van der Waals surface area contributed by atoms with Gasteiger partial charge in [0, 0.05) is 18.3 Å². The average Bonchev–Trinajstić information content (AvgIpc) is 2.63. The van der Waals surface area contributed by atoms with Crippen LogP contribution >= 0.6 is 0 Å². The van der Waals surface area contributed by atoms with Gasteiger partial charge in [-0.1, -0.05) is 6.92 Å². The van der Waals surface area contributed by atoms with E-state index in [1.807, 2.05) is 6.92 Å². The molecule has 1 aromatic carbocycles. The third kappa shape index (κ3) is 3.70. The van der Waals surface area contributed by atoms with Crippen LogP contribution in [0.5, 0.6) is 11.5 Å². The number of amides is 2. The van der Waals surface area contributed by atoms with E-state index in [0.29, 0.717) is 41.4 Å². The van der Waals surface area contributed by atoms with Crippen molar-refractivity contribution in [2.45, 2.75) is 26.3 Å². The number of esters is 1.